The van der Waals surface area contributed by atoms with Crippen molar-refractivity contribution in [2.75, 3.05) is 5.75 Å². The van der Waals surface area contributed by atoms with Crippen LogP contribution in [0.1, 0.15) is 5.56 Å². The zero-order chi connectivity index (χ0) is 15.6. The molecule has 2 aromatic carbocycles. The van der Waals surface area contributed by atoms with Crippen molar-refractivity contribution in [3.8, 4) is 0 Å². The van der Waals surface area contributed by atoms with Gasteiger partial charge in [-0.25, -0.2) is 5.43 Å². The van der Waals surface area contributed by atoms with Crippen molar-refractivity contribution in [3.63, 3.8) is 0 Å². The van der Waals surface area contributed by atoms with Crippen LogP contribution in [0.2, 0.25) is 5.02 Å². The Hall–Kier alpha value is -2.04. The summed E-state index contributed by atoms with van der Waals surface area (Å²) in [6.07, 6.45) is 5.25. The van der Waals surface area contributed by atoms with E-state index in [4.69, 9.17) is 11.6 Å². The van der Waals surface area contributed by atoms with Gasteiger partial charge < -0.3 is 0 Å². The third-order valence-corrected chi connectivity index (χ3v) is 3.89. The van der Waals surface area contributed by atoms with E-state index in [9.17, 15) is 4.79 Å². The lowest BCUT2D eigenvalue weighted by molar-refractivity contribution is -0.118. The molecule has 5 heteroatoms. The van der Waals surface area contributed by atoms with Gasteiger partial charge in [0.2, 0.25) is 5.91 Å². The number of nitrogens with zero attached hydrogens (tertiary/aromatic N) is 1. The fourth-order valence-electron chi connectivity index (χ4n) is 1.58. The molecule has 2 rings (SSSR count). The standard InChI is InChI=1S/C17H15ClN2OS/c18-15-8-10-16(11-9-15)22-13-17(21)20-19-12-4-7-14-5-2-1-3-6-14/h1-12H,13H2,(H,20,21)/b7-4+,19-12+. The zero-order valence-corrected chi connectivity index (χ0v) is 13.3. The maximum atomic E-state index is 11.6. The summed E-state index contributed by atoms with van der Waals surface area (Å²) in [7, 11) is 0. The number of rotatable bonds is 6. The first kappa shape index (κ1) is 16.3. The Morgan fingerprint density at radius 3 is 2.59 bits per heavy atom. The zero-order valence-electron chi connectivity index (χ0n) is 11.8. The number of halogens is 1. The van der Waals surface area contributed by atoms with Crippen LogP contribution in [0.4, 0.5) is 0 Å². The van der Waals surface area contributed by atoms with Crippen LogP contribution in [0.5, 0.6) is 0 Å². The molecule has 0 saturated carbocycles. The van der Waals surface area contributed by atoms with E-state index in [1.165, 1.54) is 11.8 Å². The molecule has 0 aromatic heterocycles. The second-order valence-corrected chi connectivity index (χ2v) is 5.81. The third-order valence-electron chi connectivity index (χ3n) is 2.62. The van der Waals surface area contributed by atoms with Gasteiger partial charge in [-0.15, -0.1) is 11.8 Å². The van der Waals surface area contributed by atoms with Crippen molar-refractivity contribution in [3.05, 3.63) is 71.3 Å². The van der Waals surface area contributed by atoms with Crippen LogP contribution in [-0.4, -0.2) is 17.9 Å². The minimum atomic E-state index is -0.149. The number of carbonyl (C=O) groups is 1. The van der Waals surface area contributed by atoms with E-state index in [1.807, 2.05) is 48.5 Å². The number of hydrazone groups is 1. The van der Waals surface area contributed by atoms with Crippen molar-refractivity contribution >= 4 is 41.6 Å². The quantitative estimate of drug-likeness (QED) is 0.489. The molecule has 22 heavy (non-hydrogen) atoms. The summed E-state index contributed by atoms with van der Waals surface area (Å²) < 4.78 is 0. The average molecular weight is 331 g/mol. The van der Waals surface area contributed by atoms with Gasteiger partial charge in [-0.05, 0) is 35.9 Å². The topological polar surface area (TPSA) is 41.5 Å². The number of thioether (sulfide) groups is 1. The van der Waals surface area contributed by atoms with E-state index in [1.54, 1.807) is 24.4 Å². The highest BCUT2D eigenvalue weighted by molar-refractivity contribution is 8.00. The van der Waals surface area contributed by atoms with Gasteiger partial charge in [0.15, 0.2) is 0 Å². The van der Waals surface area contributed by atoms with E-state index in [2.05, 4.69) is 10.5 Å². The summed E-state index contributed by atoms with van der Waals surface area (Å²) in [6, 6.07) is 17.2. The summed E-state index contributed by atoms with van der Waals surface area (Å²) >= 11 is 7.24. The van der Waals surface area contributed by atoms with Gasteiger partial charge in [-0.2, -0.15) is 5.10 Å². The van der Waals surface area contributed by atoms with Crippen molar-refractivity contribution in [2.45, 2.75) is 4.90 Å². The first-order valence-electron chi connectivity index (χ1n) is 6.66. The predicted octanol–water partition coefficient (Wildman–Crippen LogP) is 4.25. The van der Waals surface area contributed by atoms with E-state index >= 15 is 0 Å². The van der Waals surface area contributed by atoms with Crippen molar-refractivity contribution < 1.29 is 4.79 Å². The Morgan fingerprint density at radius 1 is 1.14 bits per heavy atom. The molecule has 3 nitrogen and oxygen atoms in total. The molecule has 0 aliphatic heterocycles. The van der Waals surface area contributed by atoms with Gasteiger partial charge in [-0.3, -0.25) is 4.79 Å². The number of benzene rings is 2. The maximum absolute atomic E-state index is 11.6. The third kappa shape index (κ3) is 6.16. The maximum Gasteiger partial charge on any atom is 0.250 e. The summed E-state index contributed by atoms with van der Waals surface area (Å²) in [4.78, 5) is 12.6. The lowest BCUT2D eigenvalue weighted by Gasteiger charge is -2.00. The largest absolute Gasteiger partial charge is 0.272 e. The normalized spacial score (nSPS) is 11.1. The molecule has 1 amide bonds. The highest BCUT2D eigenvalue weighted by Crippen LogP contribution is 2.19. The summed E-state index contributed by atoms with van der Waals surface area (Å²) in [6.45, 7) is 0. The molecule has 1 N–H and O–H groups in total. The van der Waals surface area contributed by atoms with Crippen LogP contribution in [0.25, 0.3) is 6.08 Å². The Kier molecular flexibility index (Phi) is 6.74. The van der Waals surface area contributed by atoms with Gasteiger partial charge in [0.25, 0.3) is 0 Å². The molecule has 0 aliphatic rings. The van der Waals surface area contributed by atoms with E-state index in [-0.39, 0.29) is 5.91 Å². The second kappa shape index (κ2) is 9.07. The number of nitrogens with one attached hydrogen (secondary N) is 1. The first-order chi connectivity index (χ1) is 10.7. The number of allylic oxidation sites excluding steroid dienone is 1. The molecule has 0 fully saturated rings. The second-order valence-electron chi connectivity index (χ2n) is 4.33. The van der Waals surface area contributed by atoms with Crippen LogP contribution in [0.15, 0.2) is 70.7 Å². The average Bonchev–Trinajstić information content (AvgIpc) is 2.55. The molecule has 0 spiro atoms. The minimum Gasteiger partial charge on any atom is -0.272 e. The van der Waals surface area contributed by atoms with Crippen LogP contribution in [0.3, 0.4) is 0 Å². The van der Waals surface area contributed by atoms with Crippen LogP contribution >= 0.6 is 23.4 Å². The SMILES string of the molecule is O=C(CSc1ccc(Cl)cc1)N/N=C/C=C/c1ccccc1. The summed E-state index contributed by atoms with van der Waals surface area (Å²) in [5, 5.41) is 4.55. The van der Waals surface area contributed by atoms with Crippen LogP contribution < -0.4 is 5.43 Å². The molecule has 0 bridgehead atoms. The summed E-state index contributed by atoms with van der Waals surface area (Å²) in [5.74, 6) is 0.158. The predicted molar refractivity (Wildman–Crippen MR) is 94.3 cm³/mol. The van der Waals surface area contributed by atoms with Crippen LogP contribution in [-0.2, 0) is 4.79 Å². The Morgan fingerprint density at radius 2 is 1.86 bits per heavy atom. The van der Waals surface area contributed by atoms with Gasteiger partial charge in [0.05, 0.1) is 5.75 Å². The fourth-order valence-corrected chi connectivity index (χ4v) is 2.40. The minimum absolute atomic E-state index is 0.149. The Balaban J connectivity index is 1.70. The molecule has 0 radical (unpaired) electrons. The molecular weight excluding hydrogens is 316 g/mol. The van der Waals surface area contributed by atoms with Gasteiger partial charge in [0, 0.05) is 16.1 Å². The fraction of sp³-hybridized carbons (Fsp3) is 0.0588. The molecule has 0 atom stereocenters. The number of hydrogen-bond acceptors (Lipinski definition) is 3. The molecule has 0 unspecified atom stereocenters. The molecule has 0 heterocycles. The van der Waals surface area contributed by atoms with E-state index in [0.717, 1.165) is 10.5 Å². The highest BCUT2D eigenvalue weighted by atomic mass is 35.5. The highest BCUT2D eigenvalue weighted by Gasteiger charge is 2.01. The smallest absolute Gasteiger partial charge is 0.250 e. The molecule has 2 aromatic rings. The van der Waals surface area contributed by atoms with Gasteiger partial charge in [-0.1, -0.05) is 48.0 Å². The first-order valence-corrected chi connectivity index (χ1v) is 8.02. The summed E-state index contributed by atoms with van der Waals surface area (Å²) in [5.41, 5.74) is 3.56. The molecule has 112 valence electrons. The molecule has 0 saturated heterocycles. The molecular formula is C17H15ClN2OS. The van der Waals surface area contributed by atoms with Gasteiger partial charge >= 0.3 is 0 Å². The van der Waals surface area contributed by atoms with Crippen molar-refractivity contribution in [1.82, 2.24) is 5.43 Å². The molecule has 0 aliphatic carbocycles. The Labute approximate surface area is 139 Å². The van der Waals surface area contributed by atoms with Gasteiger partial charge in [0.1, 0.15) is 0 Å². The number of carbonyl (C=O) groups excluding carboxylic acids is 1. The van der Waals surface area contributed by atoms with Crippen molar-refractivity contribution in [2.24, 2.45) is 5.10 Å². The lowest BCUT2D eigenvalue weighted by atomic mass is 10.2. The van der Waals surface area contributed by atoms with E-state index < -0.39 is 0 Å². The van der Waals surface area contributed by atoms with Crippen LogP contribution in [0, 0.1) is 0 Å². The number of hydrogen-bond donors (Lipinski definition) is 1. The number of amides is 1. The van der Waals surface area contributed by atoms with Crippen molar-refractivity contribution in [1.29, 1.82) is 0 Å². The lowest BCUT2D eigenvalue weighted by Crippen LogP contribution is -2.19. The Bertz CT molecular complexity index is 654. The monoisotopic (exact) mass is 330 g/mol. The van der Waals surface area contributed by atoms with E-state index in [0.29, 0.717) is 10.8 Å².